The van der Waals surface area contributed by atoms with Gasteiger partial charge in [0.15, 0.2) is 0 Å². The van der Waals surface area contributed by atoms with Crippen LogP contribution in [0.5, 0.6) is 0 Å². The van der Waals surface area contributed by atoms with Gasteiger partial charge in [0.1, 0.15) is 0 Å². The van der Waals surface area contributed by atoms with E-state index < -0.39 is 15.9 Å². The zero-order chi connectivity index (χ0) is 25.6. The molecule has 184 valence electrons. The van der Waals surface area contributed by atoms with E-state index in [-0.39, 0.29) is 18.0 Å². The van der Waals surface area contributed by atoms with E-state index in [2.05, 4.69) is 10.5 Å². The third-order valence-electron chi connectivity index (χ3n) is 5.36. The predicted octanol–water partition coefficient (Wildman–Crippen LogP) is 5.30. The van der Waals surface area contributed by atoms with E-state index in [1.54, 1.807) is 32.0 Å². The maximum atomic E-state index is 13.7. The van der Waals surface area contributed by atoms with Gasteiger partial charge in [-0.05, 0) is 61.6 Å². The van der Waals surface area contributed by atoms with Crippen molar-refractivity contribution < 1.29 is 13.2 Å². The number of hydrogen-bond donors (Lipinski definition) is 1. The summed E-state index contributed by atoms with van der Waals surface area (Å²) < 4.78 is 28.6. The third-order valence-corrected chi connectivity index (χ3v) is 8.25. The summed E-state index contributed by atoms with van der Waals surface area (Å²) in [5.74, 6) is -0.555. The van der Waals surface area contributed by atoms with Crippen LogP contribution in [0.25, 0.3) is 0 Å². The summed E-state index contributed by atoms with van der Waals surface area (Å²) in [6, 6.07) is 18.1. The van der Waals surface area contributed by atoms with Crippen LogP contribution in [0.2, 0.25) is 10.0 Å². The molecule has 0 aliphatic carbocycles. The maximum Gasteiger partial charge on any atom is 0.255 e. The van der Waals surface area contributed by atoms with Crippen LogP contribution in [0, 0.1) is 20.8 Å². The molecule has 0 radical (unpaired) electrons. The molecule has 0 saturated carbocycles. The molecule has 0 fully saturated rings. The number of nitrogens with zero attached hydrogens (tertiary/aromatic N) is 2. The summed E-state index contributed by atoms with van der Waals surface area (Å²) in [4.78, 5) is 12.9. The number of hydrazone groups is 1. The third kappa shape index (κ3) is 7.15. The maximum absolute atomic E-state index is 13.7. The van der Waals surface area contributed by atoms with Crippen molar-refractivity contribution in [2.75, 3.05) is 13.1 Å². The molecular formula is C26H27Cl2N3O3S. The van der Waals surface area contributed by atoms with Crippen LogP contribution >= 0.6 is 23.2 Å². The first-order valence-electron chi connectivity index (χ1n) is 11.0. The quantitative estimate of drug-likeness (QED) is 0.300. The second kappa shape index (κ2) is 11.8. The van der Waals surface area contributed by atoms with E-state index in [0.717, 1.165) is 11.1 Å². The summed E-state index contributed by atoms with van der Waals surface area (Å²) >= 11 is 11.9. The van der Waals surface area contributed by atoms with Crippen LogP contribution in [0.15, 0.2) is 70.7 Å². The van der Waals surface area contributed by atoms with Gasteiger partial charge in [-0.3, -0.25) is 4.79 Å². The lowest BCUT2D eigenvalue weighted by Crippen LogP contribution is -2.41. The number of sulfonamides is 1. The Bertz CT molecular complexity index is 1320. The molecule has 1 amide bonds. The van der Waals surface area contributed by atoms with Crippen molar-refractivity contribution in [3.05, 3.63) is 98.5 Å². The lowest BCUT2D eigenvalue weighted by molar-refractivity contribution is -0.121. The number of hydrogen-bond acceptors (Lipinski definition) is 4. The summed E-state index contributed by atoms with van der Waals surface area (Å²) in [6.45, 7) is 5.22. The Morgan fingerprint density at radius 2 is 1.63 bits per heavy atom. The summed E-state index contributed by atoms with van der Waals surface area (Å²) in [5.41, 5.74) is 6.28. The Hall–Kier alpha value is -2.71. The first-order valence-corrected chi connectivity index (χ1v) is 13.2. The van der Waals surface area contributed by atoms with Gasteiger partial charge in [0.2, 0.25) is 10.0 Å². The molecule has 0 atom stereocenters. The number of rotatable bonds is 9. The Morgan fingerprint density at radius 3 is 2.26 bits per heavy atom. The fourth-order valence-corrected chi connectivity index (χ4v) is 5.97. The molecule has 3 aromatic carbocycles. The minimum absolute atomic E-state index is 0.142. The van der Waals surface area contributed by atoms with Crippen molar-refractivity contribution in [3.8, 4) is 0 Å². The number of carbonyl (C=O) groups excluding carboxylic acids is 1. The zero-order valence-electron chi connectivity index (χ0n) is 19.8. The van der Waals surface area contributed by atoms with Crippen molar-refractivity contribution in [2.45, 2.75) is 32.1 Å². The standard InChI is InChI=1S/C26H27Cl2N3O3S/c1-18-13-19(2)26(20(3)14-18)35(33,34)31(12-11-21-7-5-4-6-8-21)17-25(32)30-29-16-22-9-10-23(27)24(28)15-22/h4-10,13-16H,11-12,17H2,1-3H3,(H,30,32)/b29-16+. The number of halogens is 2. The number of carbonyl (C=O) groups is 1. The first kappa shape index (κ1) is 26.9. The van der Waals surface area contributed by atoms with Gasteiger partial charge >= 0.3 is 0 Å². The highest BCUT2D eigenvalue weighted by molar-refractivity contribution is 7.89. The topological polar surface area (TPSA) is 78.8 Å². The van der Waals surface area contributed by atoms with Crippen LogP contribution in [0.4, 0.5) is 0 Å². The van der Waals surface area contributed by atoms with Crippen LogP contribution in [0.1, 0.15) is 27.8 Å². The molecular weight excluding hydrogens is 505 g/mol. The normalized spacial score (nSPS) is 11.8. The largest absolute Gasteiger partial charge is 0.272 e. The van der Waals surface area contributed by atoms with Gasteiger partial charge in [-0.1, -0.05) is 77.3 Å². The molecule has 1 N–H and O–H groups in total. The van der Waals surface area contributed by atoms with Crippen molar-refractivity contribution in [2.24, 2.45) is 5.10 Å². The van der Waals surface area contributed by atoms with E-state index in [4.69, 9.17) is 23.2 Å². The Labute approximate surface area is 216 Å². The fourth-order valence-electron chi connectivity index (χ4n) is 3.85. The van der Waals surface area contributed by atoms with Gasteiger partial charge in [-0.15, -0.1) is 0 Å². The van der Waals surface area contributed by atoms with E-state index in [1.165, 1.54) is 10.5 Å². The lowest BCUT2D eigenvalue weighted by atomic mass is 10.1. The summed E-state index contributed by atoms with van der Waals surface area (Å²) in [5, 5.41) is 4.71. The fraction of sp³-hybridized carbons (Fsp3) is 0.231. The molecule has 0 aliphatic heterocycles. The molecule has 0 aliphatic rings. The number of aryl methyl sites for hydroxylation is 3. The van der Waals surface area contributed by atoms with Crippen LogP contribution in [-0.2, 0) is 21.2 Å². The molecule has 0 aromatic heterocycles. The first-order chi connectivity index (χ1) is 16.6. The monoisotopic (exact) mass is 531 g/mol. The molecule has 0 spiro atoms. The molecule has 3 aromatic rings. The van der Waals surface area contributed by atoms with Crippen LogP contribution in [0.3, 0.4) is 0 Å². The van der Waals surface area contributed by atoms with Gasteiger partial charge in [0.05, 0.1) is 27.7 Å². The molecule has 6 nitrogen and oxygen atoms in total. The molecule has 0 bridgehead atoms. The van der Waals surface area contributed by atoms with E-state index in [1.807, 2.05) is 49.4 Å². The Morgan fingerprint density at radius 1 is 0.971 bits per heavy atom. The highest BCUT2D eigenvalue weighted by Gasteiger charge is 2.29. The number of nitrogens with one attached hydrogen (secondary N) is 1. The predicted molar refractivity (Wildman–Crippen MR) is 142 cm³/mol. The molecule has 35 heavy (non-hydrogen) atoms. The van der Waals surface area contributed by atoms with Gasteiger partial charge in [0, 0.05) is 6.54 Å². The van der Waals surface area contributed by atoms with Gasteiger partial charge < -0.3 is 0 Å². The summed E-state index contributed by atoms with van der Waals surface area (Å²) in [7, 11) is -3.94. The van der Waals surface area contributed by atoms with E-state index >= 15 is 0 Å². The van der Waals surface area contributed by atoms with Crippen LogP contribution < -0.4 is 5.43 Å². The van der Waals surface area contributed by atoms with Crippen LogP contribution in [-0.4, -0.2) is 37.9 Å². The van der Waals surface area contributed by atoms with Crippen molar-refractivity contribution >= 4 is 45.3 Å². The Balaban J connectivity index is 1.81. The lowest BCUT2D eigenvalue weighted by Gasteiger charge is -2.24. The van der Waals surface area contributed by atoms with E-state index in [9.17, 15) is 13.2 Å². The molecule has 0 saturated heterocycles. The highest BCUT2D eigenvalue weighted by Crippen LogP contribution is 2.26. The molecule has 0 unspecified atom stereocenters. The molecule has 3 rings (SSSR count). The second-order valence-corrected chi connectivity index (χ2v) is 11.0. The van der Waals surface area contributed by atoms with Gasteiger partial charge in [-0.25, -0.2) is 13.8 Å². The number of benzene rings is 3. The van der Waals surface area contributed by atoms with Crippen molar-refractivity contribution in [1.29, 1.82) is 0 Å². The Kier molecular flexibility index (Phi) is 9.08. The van der Waals surface area contributed by atoms with E-state index in [0.29, 0.717) is 33.2 Å². The minimum atomic E-state index is -3.94. The SMILES string of the molecule is Cc1cc(C)c(S(=O)(=O)N(CCc2ccccc2)CC(=O)N/N=C/c2ccc(Cl)c(Cl)c2)c(C)c1. The molecule has 9 heteroatoms. The summed E-state index contributed by atoms with van der Waals surface area (Å²) in [6.07, 6.45) is 1.88. The van der Waals surface area contributed by atoms with Gasteiger partial charge in [0.25, 0.3) is 5.91 Å². The van der Waals surface area contributed by atoms with Crippen molar-refractivity contribution in [3.63, 3.8) is 0 Å². The van der Waals surface area contributed by atoms with Gasteiger partial charge in [-0.2, -0.15) is 9.41 Å². The smallest absolute Gasteiger partial charge is 0.255 e. The average molecular weight is 532 g/mol. The zero-order valence-corrected chi connectivity index (χ0v) is 22.1. The average Bonchev–Trinajstić information content (AvgIpc) is 2.78. The number of amides is 1. The highest BCUT2D eigenvalue weighted by atomic mass is 35.5. The second-order valence-electron chi connectivity index (χ2n) is 8.27. The molecule has 0 heterocycles. The minimum Gasteiger partial charge on any atom is -0.272 e. The van der Waals surface area contributed by atoms with Crippen molar-refractivity contribution in [1.82, 2.24) is 9.73 Å².